The molecule has 3 heterocycles. The number of hydrogen-bond acceptors (Lipinski definition) is 5. The van der Waals surface area contributed by atoms with Crippen molar-refractivity contribution < 1.29 is 28.3 Å². The molecule has 1 aromatic heterocycles. The fraction of sp³-hybridized carbons (Fsp3) is 0.250. The lowest BCUT2D eigenvalue weighted by molar-refractivity contribution is -0.131. The van der Waals surface area contributed by atoms with Gasteiger partial charge in [0.2, 0.25) is 11.8 Å². The number of nitrogens with one attached hydrogen (secondary N) is 1. The van der Waals surface area contributed by atoms with E-state index >= 15 is 0 Å². The van der Waals surface area contributed by atoms with E-state index < -0.39 is 29.6 Å². The van der Waals surface area contributed by atoms with E-state index in [4.69, 9.17) is 22.4 Å². The molecular formula is C32H29ClF2N4O4. The number of carbonyl (C=O) groups excluding carboxylic acids is 2. The second kappa shape index (κ2) is 12.3. The summed E-state index contributed by atoms with van der Waals surface area (Å²) in [6, 6.07) is 8.61. The van der Waals surface area contributed by atoms with Gasteiger partial charge in [0.15, 0.2) is 5.82 Å². The molecule has 5 rings (SSSR count). The number of halogens is 3. The summed E-state index contributed by atoms with van der Waals surface area (Å²) in [5.74, 6) is -3.80. The fourth-order valence-corrected chi connectivity index (χ4v) is 5.69. The number of rotatable bonds is 4. The van der Waals surface area contributed by atoms with Crippen molar-refractivity contribution in [3.63, 3.8) is 0 Å². The number of carboxylic acid groups (broad SMARTS) is 1. The van der Waals surface area contributed by atoms with Gasteiger partial charge in [0.1, 0.15) is 5.82 Å². The predicted octanol–water partition coefficient (Wildman–Crippen LogP) is 6.48. The molecule has 0 radical (unpaired) electrons. The van der Waals surface area contributed by atoms with Crippen LogP contribution in [-0.4, -0.2) is 39.3 Å². The van der Waals surface area contributed by atoms with Crippen LogP contribution in [0.3, 0.4) is 0 Å². The molecule has 0 aliphatic carbocycles. The Hall–Kier alpha value is -4.57. The van der Waals surface area contributed by atoms with Gasteiger partial charge in [0.25, 0.3) is 0 Å². The minimum atomic E-state index is -1.13. The zero-order chi connectivity index (χ0) is 30.8. The van der Waals surface area contributed by atoms with E-state index in [0.29, 0.717) is 47.3 Å². The number of carbonyl (C=O) groups is 3. The Morgan fingerprint density at radius 1 is 1.19 bits per heavy atom. The van der Waals surface area contributed by atoms with Crippen LogP contribution in [0.1, 0.15) is 55.5 Å². The van der Waals surface area contributed by atoms with Crippen LogP contribution in [0.4, 0.5) is 20.2 Å². The second-order valence-corrected chi connectivity index (χ2v) is 11.1. The Morgan fingerprint density at radius 2 is 1.98 bits per heavy atom. The van der Waals surface area contributed by atoms with Gasteiger partial charge < -0.3 is 21.1 Å². The number of nitrogens with zero attached hydrogens (tertiary/aromatic N) is 2. The molecule has 2 bridgehead atoms. The third kappa shape index (κ3) is 6.29. The summed E-state index contributed by atoms with van der Waals surface area (Å²) in [5.41, 5.74) is 9.22. The maximum absolute atomic E-state index is 14.7. The standard InChI is InChI=1S/C32H29ClF2N4O4/c1-17-3-2-4-27(39-12-10-20(15-28(39)40)30-23(34)7-6-22(33)31(30)35)26-14-18(9-11-37-26)21-13-19(5-8-29(41)42)24(36)16-25(21)38-32(17)43/h5-9,11,13-17,27H,2-4,10,12,36H2,1H3,(H,38,43)(H,41,42). The van der Waals surface area contributed by atoms with Crippen molar-refractivity contribution in [1.82, 2.24) is 9.88 Å². The quantitative estimate of drug-likeness (QED) is 0.177. The van der Waals surface area contributed by atoms with Crippen molar-refractivity contribution >= 4 is 52.4 Å². The van der Waals surface area contributed by atoms with Crippen molar-refractivity contribution in [2.75, 3.05) is 17.6 Å². The van der Waals surface area contributed by atoms with Crippen molar-refractivity contribution in [3.05, 3.63) is 88.2 Å². The molecule has 2 aliphatic heterocycles. The van der Waals surface area contributed by atoms with Gasteiger partial charge in [-0.15, -0.1) is 0 Å². The van der Waals surface area contributed by atoms with Gasteiger partial charge in [-0.2, -0.15) is 0 Å². The van der Waals surface area contributed by atoms with Crippen LogP contribution in [-0.2, 0) is 14.4 Å². The number of hydrogen-bond donors (Lipinski definition) is 3. The Kier molecular flexibility index (Phi) is 8.59. The molecule has 2 amide bonds. The van der Waals surface area contributed by atoms with Crippen LogP contribution >= 0.6 is 11.6 Å². The first-order valence-corrected chi connectivity index (χ1v) is 14.2. The Bertz CT molecular complexity index is 1690. The number of carboxylic acids is 1. The second-order valence-electron chi connectivity index (χ2n) is 10.7. The first-order chi connectivity index (χ1) is 20.5. The van der Waals surface area contributed by atoms with Crippen molar-refractivity contribution in [2.24, 2.45) is 5.92 Å². The van der Waals surface area contributed by atoms with E-state index in [1.807, 2.05) is 13.0 Å². The average molecular weight is 607 g/mol. The smallest absolute Gasteiger partial charge is 0.328 e. The van der Waals surface area contributed by atoms with Crippen LogP contribution in [0.2, 0.25) is 5.02 Å². The van der Waals surface area contributed by atoms with Crippen LogP contribution in [0, 0.1) is 17.6 Å². The van der Waals surface area contributed by atoms with E-state index in [1.165, 1.54) is 12.2 Å². The summed E-state index contributed by atoms with van der Waals surface area (Å²) in [4.78, 5) is 44.0. The third-order valence-electron chi connectivity index (χ3n) is 7.83. The number of benzene rings is 2. The third-order valence-corrected chi connectivity index (χ3v) is 8.12. The fourth-order valence-electron chi connectivity index (χ4n) is 5.53. The van der Waals surface area contributed by atoms with Crippen molar-refractivity contribution in [1.29, 1.82) is 0 Å². The first-order valence-electron chi connectivity index (χ1n) is 13.8. The van der Waals surface area contributed by atoms with Gasteiger partial charge >= 0.3 is 5.97 Å². The lowest BCUT2D eigenvalue weighted by atomic mass is 9.92. The minimum Gasteiger partial charge on any atom is -0.478 e. The predicted molar refractivity (Wildman–Crippen MR) is 161 cm³/mol. The molecule has 2 unspecified atom stereocenters. The summed E-state index contributed by atoms with van der Waals surface area (Å²) in [6.45, 7) is 2.01. The molecule has 0 saturated carbocycles. The maximum Gasteiger partial charge on any atom is 0.328 e. The van der Waals surface area contributed by atoms with Crippen molar-refractivity contribution in [2.45, 2.75) is 38.6 Å². The number of nitrogen functional groups attached to an aromatic ring is 1. The average Bonchev–Trinajstić information content (AvgIpc) is 2.97. The Balaban J connectivity index is 1.57. The number of aliphatic carboxylic acids is 1. The van der Waals surface area contributed by atoms with E-state index in [9.17, 15) is 23.2 Å². The summed E-state index contributed by atoms with van der Waals surface area (Å²) < 4.78 is 29.3. The van der Waals surface area contributed by atoms with Crippen LogP contribution in [0.15, 0.2) is 54.7 Å². The van der Waals surface area contributed by atoms with E-state index in [1.54, 1.807) is 29.3 Å². The normalized spacial score (nSPS) is 19.3. The molecule has 2 aromatic carbocycles. The number of fused-ring (bicyclic) bond motifs is 4. The van der Waals surface area contributed by atoms with Gasteiger partial charge in [0.05, 0.1) is 28.0 Å². The lowest BCUT2D eigenvalue weighted by Crippen LogP contribution is -2.38. The first kappa shape index (κ1) is 29.9. The highest BCUT2D eigenvalue weighted by Gasteiger charge is 2.31. The zero-order valence-electron chi connectivity index (χ0n) is 23.2. The number of aromatic nitrogens is 1. The highest BCUT2D eigenvalue weighted by atomic mass is 35.5. The van der Waals surface area contributed by atoms with Crippen molar-refractivity contribution in [3.8, 4) is 11.1 Å². The molecule has 2 atom stereocenters. The summed E-state index contributed by atoms with van der Waals surface area (Å²) in [7, 11) is 0. The molecular weight excluding hydrogens is 578 g/mol. The van der Waals surface area contributed by atoms with Gasteiger partial charge in [-0.3, -0.25) is 14.6 Å². The monoisotopic (exact) mass is 606 g/mol. The van der Waals surface area contributed by atoms with Crippen LogP contribution in [0.5, 0.6) is 0 Å². The molecule has 8 nitrogen and oxygen atoms in total. The SMILES string of the molecule is CC1CCCC(N2CCC(c3c(F)ccc(Cl)c3F)=CC2=O)c2cc(ccn2)-c2cc(C=CC(=O)O)c(N)cc2NC1=O. The van der Waals surface area contributed by atoms with E-state index in [0.717, 1.165) is 18.2 Å². The molecule has 0 saturated heterocycles. The highest BCUT2D eigenvalue weighted by Crippen LogP contribution is 2.38. The van der Waals surface area contributed by atoms with Gasteiger partial charge in [0, 0.05) is 42.1 Å². The zero-order valence-corrected chi connectivity index (χ0v) is 24.0. The largest absolute Gasteiger partial charge is 0.478 e. The minimum absolute atomic E-state index is 0.194. The number of nitrogens with two attached hydrogens (primary N) is 1. The molecule has 11 heteroatoms. The van der Waals surface area contributed by atoms with Gasteiger partial charge in [-0.25, -0.2) is 13.6 Å². The van der Waals surface area contributed by atoms with Gasteiger partial charge in [-0.1, -0.05) is 24.9 Å². The molecule has 222 valence electrons. The molecule has 4 N–H and O–H groups in total. The van der Waals surface area contributed by atoms with Gasteiger partial charge in [-0.05, 0) is 78.4 Å². The number of pyridine rings is 1. The Morgan fingerprint density at radius 3 is 2.72 bits per heavy atom. The van der Waals surface area contributed by atoms with E-state index in [2.05, 4.69) is 10.3 Å². The molecule has 2 aliphatic rings. The Labute approximate surface area is 251 Å². The number of anilines is 2. The highest BCUT2D eigenvalue weighted by molar-refractivity contribution is 6.31. The summed E-state index contributed by atoms with van der Waals surface area (Å²) >= 11 is 5.89. The summed E-state index contributed by atoms with van der Waals surface area (Å²) in [5, 5.41) is 11.8. The molecule has 0 fully saturated rings. The maximum atomic E-state index is 14.7. The molecule has 3 aromatic rings. The lowest BCUT2D eigenvalue weighted by Gasteiger charge is -2.34. The van der Waals surface area contributed by atoms with E-state index in [-0.39, 0.29) is 46.6 Å². The molecule has 43 heavy (non-hydrogen) atoms. The van der Waals surface area contributed by atoms with Crippen LogP contribution in [0.25, 0.3) is 22.8 Å². The number of amides is 2. The molecule has 0 spiro atoms. The van der Waals surface area contributed by atoms with Crippen LogP contribution < -0.4 is 11.1 Å². The summed E-state index contributed by atoms with van der Waals surface area (Å²) in [6.07, 6.45) is 7.06. The topological polar surface area (TPSA) is 126 Å².